The second-order valence-corrected chi connectivity index (χ2v) is 4.61. The molecule has 0 saturated carbocycles. The van der Waals surface area contributed by atoms with E-state index in [9.17, 15) is 4.91 Å². The number of anilines is 2. The fourth-order valence-corrected chi connectivity index (χ4v) is 1.78. The van der Waals surface area contributed by atoms with Gasteiger partial charge in [-0.3, -0.25) is 4.98 Å². The number of hydrogen-bond donors (Lipinski definition) is 2. The van der Waals surface area contributed by atoms with Gasteiger partial charge in [-0.25, -0.2) is 0 Å². The van der Waals surface area contributed by atoms with E-state index < -0.39 is 0 Å². The maximum Gasteiger partial charge on any atom is 0.251 e. The lowest BCUT2D eigenvalue weighted by Gasteiger charge is -2.11. The molecular weight excluding hydrogens is 284 g/mol. The molecule has 0 bridgehead atoms. The minimum absolute atomic E-state index is 0.0209. The number of hydrogen-bond acceptors (Lipinski definition) is 8. The average Bonchev–Trinajstić information content (AvgIpc) is 2.54. The molecule has 0 spiro atoms. The lowest BCUT2D eigenvalue weighted by atomic mass is 10.3. The third-order valence-electron chi connectivity index (χ3n) is 2.88. The molecule has 8 nitrogen and oxygen atoms in total. The molecule has 3 N–H and O–H groups in total. The topological polar surface area (TPSA) is 115 Å². The Hall–Kier alpha value is -2.77. The molecule has 0 unspecified atom stereocenters. The summed E-state index contributed by atoms with van der Waals surface area (Å²) in [5.74, 6) is 0.370. The summed E-state index contributed by atoms with van der Waals surface area (Å²) < 4.78 is 5.54. The molecule has 2 rings (SSSR count). The van der Waals surface area contributed by atoms with Crippen molar-refractivity contribution in [1.29, 1.82) is 0 Å². The van der Waals surface area contributed by atoms with Crippen LogP contribution >= 0.6 is 0 Å². The first-order valence-electron chi connectivity index (χ1n) is 7.01. The van der Waals surface area contributed by atoms with Gasteiger partial charge in [-0.1, -0.05) is 19.4 Å². The van der Waals surface area contributed by atoms with E-state index >= 15 is 0 Å². The minimum Gasteiger partial charge on any atom is -0.471 e. The van der Waals surface area contributed by atoms with Gasteiger partial charge in [0.15, 0.2) is 5.82 Å². The second-order valence-electron chi connectivity index (χ2n) is 4.61. The van der Waals surface area contributed by atoms with Gasteiger partial charge in [0.05, 0.1) is 0 Å². The summed E-state index contributed by atoms with van der Waals surface area (Å²) in [6.07, 6.45) is 5.29. The van der Waals surface area contributed by atoms with Crippen molar-refractivity contribution < 1.29 is 4.74 Å². The van der Waals surface area contributed by atoms with Gasteiger partial charge in [-0.05, 0) is 17.7 Å². The summed E-state index contributed by atoms with van der Waals surface area (Å²) in [4.78, 5) is 23.0. The smallest absolute Gasteiger partial charge is 0.251 e. The Balaban J connectivity index is 2.16. The molecule has 2 aromatic heterocycles. The van der Waals surface area contributed by atoms with Gasteiger partial charge in [0.25, 0.3) is 5.88 Å². The van der Waals surface area contributed by atoms with Crippen LogP contribution in [0.5, 0.6) is 5.88 Å². The number of rotatable bonds is 8. The van der Waals surface area contributed by atoms with Crippen molar-refractivity contribution in [2.45, 2.75) is 26.4 Å². The number of nitrogen functional groups attached to an aromatic ring is 1. The number of ether oxygens (including phenoxy) is 1. The van der Waals surface area contributed by atoms with Crippen LogP contribution in [0.25, 0.3) is 0 Å². The lowest BCUT2D eigenvalue weighted by molar-refractivity contribution is 0.295. The Morgan fingerprint density at radius 3 is 2.95 bits per heavy atom. The highest BCUT2D eigenvalue weighted by Crippen LogP contribution is 2.33. The molecule has 0 aromatic carbocycles. The monoisotopic (exact) mass is 302 g/mol. The van der Waals surface area contributed by atoms with E-state index in [1.165, 1.54) is 0 Å². The summed E-state index contributed by atoms with van der Waals surface area (Å²) in [7, 11) is 0. The standard InChI is InChI=1S/C14H18N6O2/c1-2-3-7-17-12-11(20-21)13(19-14(15)18-12)22-9-10-5-4-6-16-8-10/h4-6,8H,2-3,7,9H2,1H3,(H3,15,17,18,19). The van der Waals surface area contributed by atoms with Crippen molar-refractivity contribution >= 4 is 17.5 Å². The number of pyridine rings is 1. The van der Waals surface area contributed by atoms with Gasteiger partial charge in [0.2, 0.25) is 11.6 Å². The number of nitrogens with two attached hydrogens (primary N) is 1. The highest BCUT2D eigenvalue weighted by molar-refractivity contribution is 5.67. The van der Waals surface area contributed by atoms with Gasteiger partial charge in [-0.15, -0.1) is 4.91 Å². The van der Waals surface area contributed by atoms with Crippen molar-refractivity contribution in [1.82, 2.24) is 15.0 Å². The predicted octanol–water partition coefficient (Wildman–Crippen LogP) is 2.64. The molecule has 0 saturated heterocycles. The van der Waals surface area contributed by atoms with Crippen LogP contribution in [0, 0.1) is 4.91 Å². The number of nitroso groups, excluding NO2 is 1. The summed E-state index contributed by atoms with van der Waals surface area (Å²) in [6, 6.07) is 3.65. The third-order valence-corrected chi connectivity index (χ3v) is 2.88. The first-order valence-corrected chi connectivity index (χ1v) is 7.01. The van der Waals surface area contributed by atoms with Gasteiger partial charge in [0.1, 0.15) is 6.61 Å². The number of nitrogens with zero attached hydrogens (tertiary/aromatic N) is 4. The normalized spacial score (nSPS) is 10.2. The Morgan fingerprint density at radius 2 is 2.27 bits per heavy atom. The van der Waals surface area contributed by atoms with Crippen LogP contribution < -0.4 is 15.8 Å². The molecule has 0 fully saturated rings. The summed E-state index contributed by atoms with van der Waals surface area (Å²) in [6.45, 7) is 2.94. The van der Waals surface area contributed by atoms with Crippen LogP contribution in [0.15, 0.2) is 29.7 Å². The lowest BCUT2D eigenvalue weighted by Crippen LogP contribution is -2.08. The zero-order valence-electron chi connectivity index (χ0n) is 12.3. The van der Waals surface area contributed by atoms with Crippen LogP contribution in [-0.4, -0.2) is 21.5 Å². The Morgan fingerprint density at radius 1 is 1.41 bits per heavy atom. The van der Waals surface area contributed by atoms with Crippen molar-refractivity contribution in [3.8, 4) is 5.88 Å². The van der Waals surface area contributed by atoms with Gasteiger partial charge in [0, 0.05) is 24.5 Å². The molecule has 0 aliphatic carbocycles. The Labute approximate surface area is 128 Å². The van der Waals surface area contributed by atoms with E-state index in [0.29, 0.717) is 6.54 Å². The summed E-state index contributed by atoms with van der Waals surface area (Å²) in [5, 5.41) is 6.00. The first-order chi connectivity index (χ1) is 10.7. The Bertz CT molecular complexity index is 620. The average molecular weight is 302 g/mol. The van der Waals surface area contributed by atoms with Crippen molar-refractivity contribution in [3.05, 3.63) is 35.0 Å². The van der Waals surface area contributed by atoms with Crippen LogP contribution in [0.4, 0.5) is 17.5 Å². The minimum atomic E-state index is 0.0209. The van der Waals surface area contributed by atoms with Gasteiger partial charge in [-0.2, -0.15) is 9.97 Å². The van der Waals surface area contributed by atoms with E-state index in [2.05, 4.69) is 32.4 Å². The maximum absolute atomic E-state index is 11.1. The second kappa shape index (κ2) is 7.87. The quantitative estimate of drug-likeness (QED) is 0.568. The molecule has 0 atom stereocenters. The fourth-order valence-electron chi connectivity index (χ4n) is 1.78. The van der Waals surface area contributed by atoms with Crippen LogP contribution in [0.1, 0.15) is 25.3 Å². The molecule has 0 aliphatic heterocycles. The molecule has 8 heteroatoms. The van der Waals surface area contributed by atoms with E-state index in [1.54, 1.807) is 18.5 Å². The summed E-state index contributed by atoms with van der Waals surface area (Å²) >= 11 is 0. The molecule has 2 aromatic rings. The SMILES string of the molecule is CCCCNc1nc(N)nc(OCc2cccnc2)c1N=O. The molecule has 22 heavy (non-hydrogen) atoms. The van der Waals surface area contributed by atoms with Gasteiger partial charge < -0.3 is 15.8 Å². The molecule has 0 radical (unpaired) electrons. The maximum atomic E-state index is 11.1. The third kappa shape index (κ3) is 4.11. The van der Waals surface area contributed by atoms with E-state index in [-0.39, 0.29) is 29.9 Å². The highest BCUT2D eigenvalue weighted by Gasteiger charge is 2.16. The number of unbranched alkanes of at least 4 members (excludes halogenated alkanes) is 1. The molecule has 2 heterocycles. The van der Waals surface area contributed by atoms with Gasteiger partial charge >= 0.3 is 0 Å². The van der Waals surface area contributed by atoms with Crippen molar-refractivity contribution in [2.24, 2.45) is 5.18 Å². The molecular formula is C14H18N6O2. The largest absolute Gasteiger partial charge is 0.471 e. The van der Waals surface area contributed by atoms with E-state index in [0.717, 1.165) is 18.4 Å². The zero-order valence-corrected chi connectivity index (χ0v) is 12.3. The number of aromatic nitrogens is 3. The predicted molar refractivity (Wildman–Crippen MR) is 83.9 cm³/mol. The van der Waals surface area contributed by atoms with E-state index in [4.69, 9.17) is 10.5 Å². The molecule has 0 amide bonds. The summed E-state index contributed by atoms with van der Waals surface area (Å²) in [5.41, 5.74) is 6.52. The van der Waals surface area contributed by atoms with Crippen molar-refractivity contribution in [2.75, 3.05) is 17.6 Å². The number of nitrogens with one attached hydrogen (secondary N) is 1. The molecule has 116 valence electrons. The van der Waals surface area contributed by atoms with Crippen LogP contribution in [0.3, 0.4) is 0 Å². The zero-order chi connectivity index (χ0) is 15.8. The van der Waals surface area contributed by atoms with Crippen molar-refractivity contribution in [3.63, 3.8) is 0 Å². The Kier molecular flexibility index (Phi) is 5.58. The van der Waals surface area contributed by atoms with Crippen LogP contribution in [-0.2, 0) is 6.61 Å². The highest BCUT2D eigenvalue weighted by atomic mass is 16.5. The van der Waals surface area contributed by atoms with Crippen LogP contribution in [0.2, 0.25) is 0 Å². The first kappa shape index (κ1) is 15.6. The van der Waals surface area contributed by atoms with E-state index in [1.807, 2.05) is 6.07 Å². The fraction of sp³-hybridized carbons (Fsp3) is 0.357. The molecule has 0 aliphatic rings.